The molecule has 2 aliphatic heterocycles. The molecule has 2 aliphatic carbocycles. The summed E-state index contributed by atoms with van der Waals surface area (Å²) in [5.74, 6) is -6.09. The fraction of sp³-hybridized carbons (Fsp3) is 0.367. The molecule has 1 N–H and O–H groups in total. The molecule has 218 valence electrons. The topological polar surface area (TPSA) is 121 Å². The number of aromatic hydroxyl groups is 1. The van der Waals surface area contributed by atoms with Gasteiger partial charge in [0.1, 0.15) is 0 Å². The average Bonchev–Trinajstić information content (AvgIpc) is 3.31. The minimum absolute atomic E-state index is 0.130. The molecule has 2 saturated heterocycles. The van der Waals surface area contributed by atoms with E-state index in [4.69, 9.17) is 27.9 Å². The van der Waals surface area contributed by atoms with Crippen LogP contribution >= 0.6 is 39.1 Å². The van der Waals surface area contributed by atoms with Crippen LogP contribution in [0.4, 0.5) is 5.69 Å². The van der Waals surface area contributed by atoms with Gasteiger partial charge in [-0.2, -0.15) is 0 Å². The fourth-order valence-electron chi connectivity index (χ4n) is 7.14. The van der Waals surface area contributed by atoms with Crippen molar-refractivity contribution < 1.29 is 33.8 Å². The number of nitrogens with zero attached hydrogens (tertiary/aromatic N) is 2. The first-order valence-corrected chi connectivity index (χ1v) is 15.1. The number of hydrogen-bond acceptors (Lipinski definition) is 7. The van der Waals surface area contributed by atoms with Crippen molar-refractivity contribution in [1.82, 2.24) is 4.90 Å². The molecule has 2 heterocycles. The van der Waals surface area contributed by atoms with Crippen molar-refractivity contribution in [1.29, 1.82) is 0 Å². The second-order valence-corrected chi connectivity index (χ2v) is 12.7. The number of halogens is 3. The largest absolute Gasteiger partial charge is 0.504 e. The van der Waals surface area contributed by atoms with E-state index in [0.717, 1.165) is 9.80 Å². The van der Waals surface area contributed by atoms with E-state index in [2.05, 4.69) is 15.9 Å². The Kier molecular flexibility index (Phi) is 6.83. The first-order valence-electron chi connectivity index (χ1n) is 13.3. The lowest BCUT2D eigenvalue weighted by atomic mass is 9.56. The van der Waals surface area contributed by atoms with Crippen LogP contribution in [0.1, 0.15) is 41.6 Å². The number of imide groups is 2. The molecule has 0 radical (unpaired) electrons. The molecule has 2 aromatic carbocycles. The maximum absolute atomic E-state index is 14.1. The van der Waals surface area contributed by atoms with E-state index in [9.17, 15) is 29.1 Å². The summed E-state index contributed by atoms with van der Waals surface area (Å²) >= 11 is 17.6. The van der Waals surface area contributed by atoms with Gasteiger partial charge in [0.25, 0.3) is 11.8 Å². The number of Topliss-reactive ketones (excluding diaryl/α,β-unsaturated/α-hetero) is 1. The number of carbonyl (C=O) groups is 5. The molecule has 0 bridgehead atoms. The number of rotatable bonds is 5. The summed E-state index contributed by atoms with van der Waals surface area (Å²) in [6.07, 6.45) is 1.80. The highest BCUT2D eigenvalue weighted by Crippen LogP contribution is 2.66. The maximum Gasteiger partial charge on any atom is 0.254 e. The van der Waals surface area contributed by atoms with E-state index in [-0.39, 0.29) is 41.1 Å². The van der Waals surface area contributed by atoms with Gasteiger partial charge in [0, 0.05) is 17.0 Å². The predicted molar refractivity (Wildman–Crippen MR) is 157 cm³/mol. The number of hydrogen-bond donors (Lipinski definition) is 1. The van der Waals surface area contributed by atoms with Crippen LogP contribution in [-0.2, 0) is 19.2 Å². The molecule has 6 rings (SSSR count). The number of anilines is 1. The molecule has 9 nitrogen and oxygen atoms in total. The van der Waals surface area contributed by atoms with Crippen LogP contribution in [0.5, 0.6) is 11.5 Å². The number of phenolic OH excluding ortho intramolecular Hbond substituents is 1. The summed E-state index contributed by atoms with van der Waals surface area (Å²) in [7, 11) is 1.38. The predicted octanol–water partition coefficient (Wildman–Crippen LogP) is 4.52. The van der Waals surface area contributed by atoms with Crippen molar-refractivity contribution >= 4 is 74.2 Å². The fourth-order valence-corrected chi connectivity index (χ4v) is 8.55. The Morgan fingerprint density at radius 3 is 2.36 bits per heavy atom. The van der Waals surface area contributed by atoms with Gasteiger partial charge in [-0.05, 0) is 56.0 Å². The van der Waals surface area contributed by atoms with Crippen LogP contribution in [0.15, 0.2) is 54.1 Å². The first kappa shape index (κ1) is 28.9. The second-order valence-electron chi connectivity index (χ2n) is 11.0. The number of ketones is 1. The van der Waals surface area contributed by atoms with Crippen molar-refractivity contribution in [2.75, 3.05) is 17.5 Å². The van der Waals surface area contributed by atoms with Gasteiger partial charge in [-0.25, -0.2) is 0 Å². The van der Waals surface area contributed by atoms with E-state index in [1.807, 2.05) is 0 Å². The van der Waals surface area contributed by atoms with Crippen LogP contribution in [0, 0.1) is 17.8 Å². The molecule has 6 unspecified atom stereocenters. The smallest absolute Gasteiger partial charge is 0.254 e. The lowest BCUT2D eigenvalue weighted by Gasteiger charge is -2.50. The van der Waals surface area contributed by atoms with Crippen LogP contribution < -0.4 is 9.64 Å². The summed E-state index contributed by atoms with van der Waals surface area (Å²) < 4.78 is 5.32. The van der Waals surface area contributed by atoms with E-state index in [1.54, 1.807) is 48.5 Å². The van der Waals surface area contributed by atoms with Crippen molar-refractivity contribution in [3.63, 3.8) is 0 Å². The number of phenols is 1. The summed E-state index contributed by atoms with van der Waals surface area (Å²) in [5.41, 5.74) is 1.39. The minimum atomic E-state index is -2.04. The number of allylic oxidation sites excluding steroid dienone is 2. The van der Waals surface area contributed by atoms with Gasteiger partial charge in [-0.3, -0.25) is 33.8 Å². The van der Waals surface area contributed by atoms with Crippen molar-refractivity contribution in [2.24, 2.45) is 17.8 Å². The molecule has 2 aromatic rings. The highest BCUT2D eigenvalue weighted by Gasteiger charge is 2.76. The van der Waals surface area contributed by atoms with E-state index in [0.29, 0.717) is 16.8 Å². The summed E-state index contributed by atoms with van der Waals surface area (Å²) in [4.78, 5) is 65.1. The number of likely N-dealkylation sites (tertiary alicyclic amines) is 1. The van der Waals surface area contributed by atoms with E-state index >= 15 is 0 Å². The molecule has 1 saturated carbocycles. The Hall–Kier alpha value is -3.21. The minimum Gasteiger partial charge on any atom is -0.504 e. The zero-order valence-corrected chi connectivity index (χ0v) is 25.6. The number of carbonyl (C=O) groups excluding carboxylic acids is 5. The zero-order valence-electron chi connectivity index (χ0n) is 22.5. The Labute approximate surface area is 259 Å². The summed E-state index contributed by atoms with van der Waals surface area (Å²) in [6, 6.07) is 11.0. The number of ether oxygens (including phenoxy) is 1. The maximum atomic E-state index is 14.1. The molecule has 3 fully saturated rings. The van der Waals surface area contributed by atoms with Gasteiger partial charge in [0.2, 0.25) is 11.8 Å². The lowest BCUT2D eigenvalue weighted by molar-refractivity contribution is -0.138. The molecule has 4 aliphatic rings. The number of para-hydroxylation sites is 1. The number of benzene rings is 2. The SMILES string of the molecule is COc1cccc(C2C3=CCC4C(=O)N(c5ccc(C(C)=O)cc5)C(=O)C4C3CC3(Cl)C(=O)N(CBr)C(=O)C23Cl)c1O. The van der Waals surface area contributed by atoms with Gasteiger partial charge in [0.15, 0.2) is 27.0 Å². The Morgan fingerprint density at radius 1 is 1.05 bits per heavy atom. The van der Waals surface area contributed by atoms with Crippen molar-refractivity contribution in [3.05, 3.63) is 65.2 Å². The second kappa shape index (κ2) is 9.92. The zero-order chi connectivity index (χ0) is 30.3. The third kappa shape index (κ3) is 3.64. The Morgan fingerprint density at radius 2 is 1.74 bits per heavy atom. The van der Waals surface area contributed by atoms with Crippen LogP contribution in [0.2, 0.25) is 0 Å². The molecule has 4 amide bonds. The number of methoxy groups -OCH3 is 1. The number of alkyl halides is 3. The van der Waals surface area contributed by atoms with Crippen LogP contribution in [0.3, 0.4) is 0 Å². The third-order valence-corrected chi connectivity index (χ3v) is 11.0. The van der Waals surface area contributed by atoms with Gasteiger partial charge >= 0.3 is 0 Å². The Bertz CT molecular complexity index is 1610. The summed E-state index contributed by atoms with van der Waals surface area (Å²) in [6.45, 7) is 1.42. The molecule has 12 heteroatoms. The van der Waals surface area contributed by atoms with E-state index in [1.165, 1.54) is 14.0 Å². The average molecular weight is 676 g/mol. The monoisotopic (exact) mass is 674 g/mol. The lowest BCUT2D eigenvalue weighted by Crippen LogP contribution is -2.60. The quantitative estimate of drug-likeness (QED) is 0.163. The molecule has 0 aromatic heterocycles. The van der Waals surface area contributed by atoms with Gasteiger partial charge < -0.3 is 9.84 Å². The normalized spacial score (nSPS) is 32.0. The Balaban J connectivity index is 1.51. The van der Waals surface area contributed by atoms with Crippen LogP contribution in [-0.4, -0.2) is 61.7 Å². The molecule has 0 spiro atoms. The third-order valence-electron chi connectivity index (χ3n) is 9.11. The van der Waals surface area contributed by atoms with E-state index < -0.39 is 57.0 Å². The highest BCUT2D eigenvalue weighted by atomic mass is 79.9. The van der Waals surface area contributed by atoms with Gasteiger partial charge in [-0.1, -0.05) is 39.7 Å². The molecular weight excluding hydrogens is 651 g/mol. The summed E-state index contributed by atoms with van der Waals surface area (Å²) in [5, 5.41) is 11.2. The molecular formula is C30H25BrCl2N2O7. The highest BCUT2D eigenvalue weighted by molar-refractivity contribution is 9.09. The van der Waals surface area contributed by atoms with Gasteiger partial charge in [-0.15, -0.1) is 23.2 Å². The molecule has 6 atom stereocenters. The number of fused-ring (bicyclic) bond motifs is 4. The first-order chi connectivity index (χ1) is 19.9. The van der Waals surface area contributed by atoms with Crippen molar-refractivity contribution in [3.8, 4) is 11.5 Å². The standard InChI is InChI=1S/C30H25BrCl2N2O7/c1-14(36)15-6-8-16(9-7-15)35-25(38)18-11-10-17-20(22(18)26(35)39)12-29(32)27(40)34(13-31)28(41)30(29,33)23(17)19-4-3-5-21(42-2)24(19)37/h3-10,18,20,22-23,37H,11-13H2,1-2H3. The van der Waals surface area contributed by atoms with Gasteiger partial charge in [0.05, 0.1) is 30.1 Å². The van der Waals surface area contributed by atoms with Crippen LogP contribution in [0.25, 0.3) is 0 Å². The number of amides is 4. The van der Waals surface area contributed by atoms with Crippen molar-refractivity contribution in [2.45, 2.75) is 35.4 Å². The molecule has 42 heavy (non-hydrogen) atoms.